The molecule has 0 radical (unpaired) electrons. The fourth-order valence-electron chi connectivity index (χ4n) is 4.05. The molecular formula is C20H28N4O2. The molecule has 0 spiro atoms. The molecule has 1 N–H and O–H groups in total. The van der Waals surface area contributed by atoms with Crippen molar-refractivity contribution in [1.29, 1.82) is 0 Å². The van der Waals surface area contributed by atoms with Gasteiger partial charge in [0, 0.05) is 30.6 Å². The quantitative estimate of drug-likeness (QED) is 0.874. The highest BCUT2D eigenvalue weighted by Crippen LogP contribution is 2.36. The topological polar surface area (TPSA) is 59.5 Å². The molecular weight excluding hydrogens is 328 g/mol. The van der Waals surface area contributed by atoms with Crippen LogP contribution in [0.1, 0.15) is 44.9 Å². The van der Waals surface area contributed by atoms with E-state index in [1.54, 1.807) is 14.2 Å². The smallest absolute Gasteiger partial charge is 0.227 e. The van der Waals surface area contributed by atoms with Gasteiger partial charge in [0.1, 0.15) is 5.82 Å². The van der Waals surface area contributed by atoms with Gasteiger partial charge in [0.15, 0.2) is 11.5 Å². The average molecular weight is 356 g/mol. The van der Waals surface area contributed by atoms with Crippen LogP contribution in [0.2, 0.25) is 0 Å². The monoisotopic (exact) mass is 356 g/mol. The number of ether oxygens (including phenoxy) is 2. The SMILES string of the molecule is COc1cc2nc(N3CCCC3)nc(NC3CCCCC3)c2cc1OC. The van der Waals surface area contributed by atoms with E-state index in [2.05, 4.69) is 10.2 Å². The number of rotatable bonds is 5. The van der Waals surface area contributed by atoms with Crippen LogP contribution in [0.15, 0.2) is 12.1 Å². The lowest BCUT2D eigenvalue weighted by Gasteiger charge is -2.25. The Hall–Kier alpha value is -2.24. The Morgan fingerprint density at radius 2 is 1.62 bits per heavy atom. The maximum Gasteiger partial charge on any atom is 0.227 e. The van der Waals surface area contributed by atoms with Gasteiger partial charge in [-0.3, -0.25) is 0 Å². The lowest BCUT2D eigenvalue weighted by molar-refractivity contribution is 0.356. The number of hydrogen-bond acceptors (Lipinski definition) is 6. The molecule has 26 heavy (non-hydrogen) atoms. The predicted molar refractivity (Wildman–Crippen MR) is 105 cm³/mol. The largest absolute Gasteiger partial charge is 0.493 e. The van der Waals surface area contributed by atoms with E-state index < -0.39 is 0 Å². The molecule has 6 heteroatoms. The van der Waals surface area contributed by atoms with Gasteiger partial charge >= 0.3 is 0 Å². The summed E-state index contributed by atoms with van der Waals surface area (Å²) >= 11 is 0. The Balaban J connectivity index is 1.78. The Bertz CT molecular complexity index is 768. The highest BCUT2D eigenvalue weighted by molar-refractivity contribution is 5.93. The molecule has 4 rings (SSSR count). The van der Waals surface area contributed by atoms with E-state index in [0.29, 0.717) is 17.5 Å². The van der Waals surface area contributed by atoms with Crippen LogP contribution in [0, 0.1) is 0 Å². The number of benzene rings is 1. The van der Waals surface area contributed by atoms with Crippen LogP contribution in [-0.4, -0.2) is 43.3 Å². The van der Waals surface area contributed by atoms with Crippen molar-refractivity contribution < 1.29 is 9.47 Å². The van der Waals surface area contributed by atoms with E-state index in [0.717, 1.165) is 35.8 Å². The van der Waals surface area contributed by atoms with E-state index in [1.165, 1.54) is 44.9 Å². The van der Waals surface area contributed by atoms with Gasteiger partial charge < -0.3 is 19.7 Å². The Morgan fingerprint density at radius 3 is 2.31 bits per heavy atom. The van der Waals surface area contributed by atoms with Gasteiger partial charge in [0.2, 0.25) is 5.95 Å². The first-order valence-electron chi connectivity index (χ1n) is 9.74. The molecule has 2 aromatic rings. The molecule has 2 fully saturated rings. The molecule has 2 aliphatic rings. The Morgan fingerprint density at radius 1 is 0.923 bits per heavy atom. The van der Waals surface area contributed by atoms with Gasteiger partial charge in [0.25, 0.3) is 0 Å². The van der Waals surface area contributed by atoms with Gasteiger partial charge in [-0.25, -0.2) is 4.98 Å². The number of anilines is 2. The molecule has 1 saturated heterocycles. The van der Waals surface area contributed by atoms with Crippen molar-refractivity contribution in [2.75, 3.05) is 37.5 Å². The minimum atomic E-state index is 0.487. The summed E-state index contributed by atoms with van der Waals surface area (Å²) < 4.78 is 11.0. The molecule has 6 nitrogen and oxygen atoms in total. The second-order valence-corrected chi connectivity index (χ2v) is 7.27. The van der Waals surface area contributed by atoms with Crippen molar-refractivity contribution in [3.8, 4) is 11.5 Å². The molecule has 2 heterocycles. The minimum Gasteiger partial charge on any atom is -0.493 e. The zero-order valence-electron chi connectivity index (χ0n) is 15.8. The molecule has 1 saturated carbocycles. The summed E-state index contributed by atoms with van der Waals surface area (Å²) in [6.07, 6.45) is 8.74. The summed E-state index contributed by atoms with van der Waals surface area (Å²) in [6, 6.07) is 4.44. The first-order valence-corrected chi connectivity index (χ1v) is 9.74. The van der Waals surface area contributed by atoms with Crippen molar-refractivity contribution in [3.05, 3.63) is 12.1 Å². The van der Waals surface area contributed by atoms with Crippen LogP contribution in [-0.2, 0) is 0 Å². The molecule has 0 bridgehead atoms. The first-order chi connectivity index (χ1) is 12.8. The maximum atomic E-state index is 5.50. The van der Waals surface area contributed by atoms with E-state index >= 15 is 0 Å². The van der Waals surface area contributed by atoms with Crippen molar-refractivity contribution in [1.82, 2.24) is 9.97 Å². The van der Waals surface area contributed by atoms with Crippen molar-refractivity contribution in [2.45, 2.75) is 51.0 Å². The van der Waals surface area contributed by atoms with Gasteiger partial charge in [0.05, 0.1) is 19.7 Å². The van der Waals surface area contributed by atoms with Crippen LogP contribution in [0.4, 0.5) is 11.8 Å². The summed E-state index contributed by atoms with van der Waals surface area (Å²) in [5.74, 6) is 3.16. The number of methoxy groups -OCH3 is 2. The second kappa shape index (κ2) is 7.56. The van der Waals surface area contributed by atoms with Crippen molar-refractivity contribution in [2.24, 2.45) is 0 Å². The summed E-state index contributed by atoms with van der Waals surface area (Å²) in [5.41, 5.74) is 0.901. The molecule has 0 amide bonds. The molecule has 0 atom stereocenters. The van der Waals surface area contributed by atoms with E-state index in [-0.39, 0.29) is 0 Å². The average Bonchev–Trinajstić information content (AvgIpc) is 3.22. The summed E-state index contributed by atoms with van der Waals surface area (Å²) in [7, 11) is 3.32. The summed E-state index contributed by atoms with van der Waals surface area (Å²) in [4.78, 5) is 12.0. The standard InChI is InChI=1S/C20H28N4O2/c1-25-17-12-15-16(13-18(17)26-2)22-20(24-10-6-7-11-24)23-19(15)21-14-8-4-3-5-9-14/h12-14H,3-11H2,1-2H3,(H,21,22,23). The molecule has 1 aromatic heterocycles. The first kappa shape index (κ1) is 17.2. The van der Waals surface area contributed by atoms with Gasteiger partial charge in [-0.15, -0.1) is 0 Å². The lowest BCUT2D eigenvalue weighted by Crippen LogP contribution is -2.25. The third kappa shape index (κ3) is 3.37. The third-order valence-electron chi connectivity index (χ3n) is 5.52. The molecule has 1 aromatic carbocycles. The van der Waals surface area contributed by atoms with Crippen LogP contribution in [0.3, 0.4) is 0 Å². The number of aromatic nitrogens is 2. The van der Waals surface area contributed by atoms with Crippen LogP contribution >= 0.6 is 0 Å². The number of fused-ring (bicyclic) bond motifs is 1. The maximum absolute atomic E-state index is 5.50. The fraction of sp³-hybridized carbons (Fsp3) is 0.600. The highest BCUT2D eigenvalue weighted by atomic mass is 16.5. The summed E-state index contributed by atoms with van der Waals surface area (Å²) in [6.45, 7) is 2.06. The minimum absolute atomic E-state index is 0.487. The van der Waals surface area contributed by atoms with E-state index in [9.17, 15) is 0 Å². The molecule has 0 unspecified atom stereocenters. The van der Waals surface area contributed by atoms with Crippen LogP contribution in [0.25, 0.3) is 10.9 Å². The zero-order valence-corrected chi connectivity index (χ0v) is 15.8. The van der Waals surface area contributed by atoms with Gasteiger partial charge in [-0.1, -0.05) is 19.3 Å². The molecule has 1 aliphatic carbocycles. The van der Waals surface area contributed by atoms with Crippen molar-refractivity contribution in [3.63, 3.8) is 0 Å². The van der Waals surface area contributed by atoms with Crippen LogP contribution < -0.4 is 19.7 Å². The normalized spacial score (nSPS) is 18.3. The van der Waals surface area contributed by atoms with Crippen LogP contribution in [0.5, 0.6) is 11.5 Å². The van der Waals surface area contributed by atoms with E-state index in [4.69, 9.17) is 19.4 Å². The lowest BCUT2D eigenvalue weighted by atomic mass is 9.95. The number of nitrogens with zero attached hydrogens (tertiary/aromatic N) is 3. The Labute approximate surface area is 154 Å². The van der Waals surface area contributed by atoms with Crippen molar-refractivity contribution >= 4 is 22.7 Å². The third-order valence-corrected chi connectivity index (χ3v) is 5.52. The van der Waals surface area contributed by atoms with Gasteiger partial charge in [-0.2, -0.15) is 4.98 Å². The number of nitrogens with one attached hydrogen (secondary N) is 1. The van der Waals surface area contributed by atoms with Gasteiger partial charge in [-0.05, 0) is 31.7 Å². The Kier molecular flexibility index (Phi) is 5.00. The highest BCUT2D eigenvalue weighted by Gasteiger charge is 2.21. The second-order valence-electron chi connectivity index (χ2n) is 7.27. The number of hydrogen-bond donors (Lipinski definition) is 1. The molecule has 140 valence electrons. The fourth-order valence-corrected chi connectivity index (χ4v) is 4.05. The predicted octanol–water partition coefficient (Wildman–Crippen LogP) is 3.99. The molecule has 1 aliphatic heterocycles. The summed E-state index contributed by atoms with van der Waals surface area (Å²) in [5, 5.41) is 4.70. The van der Waals surface area contributed by atoms with E-state index in [1.807, 2.05) is 12.1 Å². The zero-order chi connectivity index (χ0) is 17.9.